The Bertz CT molecular complexity index is 1230. The Labute approximate surface area is 223 Å². The fourth-order valence-corrected chi connectivity index (χ4v) is 4.56. The Morgan fingerprint density at radius 2 is 1.79 bits per heavy atom. The van der Waals surface area contributed by atoms with Gasteiger partial charge < -0.3 is 14.0 Å². The zero-order valence-electron chi connectivity index (χ0n) is 22.7. The van der Waals surface area contributed by atoms with Crippen molar-refractivity contribution in [2.75, 3.05) is 13.2 Å². The molecule has 0 radical (unpaired) electrons. The van der Waals surface area contributed by atoms with E-state index in [0.717, 1.165) is 54.0 Å². The maximum atomic E-state index is 13.3. The molecule has 0 aliphatic heterocycles. The highest BCUT2D eigenvalue weighted by atomic mass is 19.4. The van der Waals surface area contributed by atoms with Crippen LogP contribution in [-0.2, 0) is 22.5 Å². The number of halogens is 3. The largest absolute Gasteiger partial charge is 0.493 e. The number of carbonyl (C=O) groups excluding carboxylic acids is 1. The predicted molar refractivity (Wildman–Crippen MR) is 146 cm³/mol. The second kappa shape index (κ2) is 12.5. The van der Waals surface area contributed by atoms with E-state index in [-0.39, 0.29) is 6.61 Å². The fourth-order valence-electron chi connectivity index (χ4n) is 4.56. The minimum absolute atomic E-state index is 0.262. The average Bonchev–Trinajstić information content (AvgIpc) is 3.22. The van der Waals surface area contributed by atoms with Crippen molar-refractivity contribution < 1.29 is 27.4 Å². The van der Waals surface area contributed by atoms with Crippen molar-refractivity contribution in [2.45, 2.75) is 66.1 Å². The second-order valence-electron chi connectivity index (χ2n) is 10.7. The van der Waals surface area contributed by atoms with E-state index in [2.05, 4.69) is 62.2 Å². The Kier molecular flexibility index (Phi) is 9.69. The molecule has 0 spiro atoms. The molecule has 0 N–H and O–H groups in total. The van der Waals surface area contributed by atoms with Crippen LogP contribution < -0.4 is 4.74 Å². The van der Waals surface area contributed by atoms with Crippen molar-refractivity contribution in [1.29, 1.82) is 0 Å². The van der Waals surface area contributed by atoms with Gasteiger partial charge >= 0.3 is 12.1 Å². The van der Waals surface area contributed by atoms with Crippen molar-refractivity contribution in [3.63, 3.8) is 0 Å². The van der Waals surface area contributed by atoms with Crippen LogP contribution in [0.25, 0.3) is 22.2 Å². The average molecular weight is 530 g/mol. The third kappa shape index (κ3) is 8.14. The third-order valence-electron chi connectivity index (χ3n) is 6.64. The van der Waals surface area contributed by atoms with Gasteiger partial charge in [0.1, 0.15) is 12.4 Å². The van der Waals surface area contributed by atoms with Gasteiger partial charge in [0.15, 0.2) is 0 Å². The van der Waals surface area contributed by atoms with E-state index in [1.54, 1.807) is 6.07 Å². The van der Waals surface area contributed by atoms with Crippen molar-refractivity contribution in [2.24, 2.45) is 11.3 Å². The molecule has 0 saturated heterocycles. The molecule has 0 amide bonds. The van der Waals surface area contributed by atoms with Gasteiger partial charge in [-0.25, -0.2) is 4.79 Å². The van der Waals surface area contributed by atoms with Gasteiger partial charge in [-0.3, -0.25) is 0 Å². The molecule has 7 heteroatoms. The van der Waals surface area contributed by atoms with Gasteiger partial charge in [-0.1, -0.05) is 58.5 Å². The molecule has 206 valence electrons. The lowest BCUT2D eigenvalue weighted by Gasteiger charge is -2.29. The number of alkyl halides is 3. The van der Waals surface area contributed by atoms with Gasteiger partial charge in [-0.2, -0.15) is 13.2 Å². The first-order chi connectivity index (χ1) is 17.9. The summed E-state index contributed by atoms with van der Waals surface area (Å²) in [6, 6.07) is 16.3. The standard InChI is InChI=1S/C31H38F3NO3/c1-6-23-10-12-24(13-11-23)27-17-25-14-15-26(18-28(25)35(27)16-8-9-22(3)4)37-20-30(5,19-31(32,33)34)21-38-29(36)7-2/h7,10-15,17-18,22H,2,6,8-9,16,19-21H2,1,3-5H3. The molecule has 1 unspecified atom stereocenters. The first-order valence-corrected chi connectivity index (χ1v) is 13.1. The Morgan fingerprint density at radius 3 is 2.39 bits per heavy atom. The zero-order chi connectivity index (χ0) is 27.9. The highest BCUT2D eigenvalue weighted by Crippen LogP contribution is 2.36. The number of esters is 1. The van der Waals surface area contributed by atoms with E-state index in [0.29, 0.717) is 11.7 Å². The number of carbonyl (C=O) groups is 1. The highest BCUT2D eigenvalue weighted by Gasteiger charge is 2.41. The summed E-state index contributed by atoms with van der Waals surface area (Å²) in [5.74, 6) is 0.292. The predicted octanol–water partition coefficient (Wildman–Crippen LogP) is 8.37. The minimum Gasteiger partial charge on any atom is -0.493 e. The lowest BCUT2D eigenvalue weighted by atomic mass is 9.88. The maximum Gasteiger partial charge on any atom is 0.389 e. The van der Waals surface area contributed by atoms with Gasteiger partial charge in [0, 0.05) is 35.2 Å². The molecule has 0 fully saturated rings. The molecular weight excluding hydrogens is 491 g/mol. The van der Waals surface area contributed by atoms with Gasteiger partial charge in [0.05, 0.1) is 18.5 Å². The van der Waals surface area contributed by atoms with E-state index < -0.39 is 30.6 Å². The van der Waals surface area contributed by atoms with Crippen molar-refractivity contribution in [3.8, 4) is 17.0 Å². The van der Waals surface area contributed by atoms with Gasteiger partial charge in [-0.05, 0) is 54.5 Å². The first kappa shape index (κ1) is 29.3. The molecule has 1 atom stereocenters. The summed E-state index contributed by atoms with van der Waals surface area (Å²) in [4.78, 5) is 11.5. The molecule has 4 nitrogen and oxygen atoms in total. The Hall–Kier alpha value is -3.22. The molecule has 0 aliphatic rings. The number of hydrogen-bond acceptors (Lipinski definition) is 3. The number of aromatic nitrogens is 1. The SMILES string of the molecule is C=CC(=O)OCC(C)(COc1ccc2cc(-c3ccc(CC)cc3)n(CCCC(C)C)c2c1)CC(F)(F)F. The number of fused-ring (bicyclic) bond motifs is 1. The summed E-state index contributed by atoms with van der Waals surface area (Å²) in [6.07, 6.45) is -1.58. The van der Waals surface area contributed by atoms with E-state index >= 15 is 0 Å². The molecule has 1 aromatic heterocycles. The molecule has 3 rings (SSSR count). The summed E-state index contributed by atoms with van der Waals surface area (Å²) in [6.45, 7) is 11.4. The second-order valence-corrected chi connectivity index (χ2v) is 10.7. The summed E-state index contributed by atoms with van der Waals surface area (Å²) >= 11 is 0. The number of ether oxygens (including phenoxy) is 2. The van der Waals surface area contributed by atoms with E-state index in [4.69, 9.17) is 9.47 Å². The summed E-state index contributed by atoms with van der Waals surface area (Å²) in [5.41, 5.74) is 3.01. The number of hydrogen-bond donors (Lipinski definition) is 0. The molecule has 0 saturated carbocycles. The van der Waals surface area contributed by atoms with Crippen LogP contribution in [0.3, 0.4) is 0 Å². The normalized spacial score (nSPS) is 13.5. The fraction of sp³-hybridized carbons (Fsp3) is 0.452. The number of benzene rings is 2. The van der Waals surface area contributed by atoms with Crippen LogP contribution in [0.1, 0.15) is 52.5 Å². The van der Waals surface area contributed by atoms with Gasteiger partial charge in [-0.15, -0.1) is 0 Å². The number of aryl methyl sites for hydroxylation is 2. The zero-order valence-corrected chi connectivity index (χ0v) is 22.7. The third-order valence-corrected chi connectivity index (χ3v) is 6.64. The van der Waals surface area contributed by atoms with Crippen molar-refractivity contribution in [3.05, 3.63) is 66.7 Å². The molecule has 2 aromatic carbocycles. The number of rotatable bonds is 13. The van der Waals surface area contributed by atoms with Gasteiger partial charge in [0.2, 0.25) is 0 Å². The minimum atomic E-state index is -4.43. The van der Waals surface area contributed by atoms with Crippen molar-refractivity contribution in [1.82, 2.24) is 4.57 Å². The van der Waals surface area contributed by atoms with Crippen molar-refractivity contribution >= 4 is 16.9 Å². The van der Waals surface area contributed by atoms with E-state index in [1.807, 2.05) is 12.1 Å². The van der Waals surface area contributed by atoms with Crippen LogP contribution in [0.4, 0.5) is 13.2 Å². The smallest absolute Gasteiger partial charge is 0.389 e. The summed E-state index contributed by atoms with van der Waals surface area (Å²) in [5, 5.41) is 1.04. The van der Waals surface area contributed by atoms with Crippen LogP contribution in [0.2, 0.25) is 0 Å². The quantitative estimate of drug-likeness (QED) is 0.165. The lowest BCUT2D eigenvalue weighted by Crippen LogP contribution is -2.36. The summed E-state index contributed by atoms with van der Waals surface area (Å²) in [7, 11) is 0. The Morgan fingerprint density at radius 1 is 1.08 bits per heavy atom. The van der Waals surface area contributed by atoms with Crippen LogP contribution in [0.15, 0.2) is 61.2 Å². The van der Waals surface area contributed by atoms with E-state index in [1.165, 1.54) is 12.5 Å². The molecular formula is C31H38F3NO3. The van der Waals surface area contributed by atoms with Crippen LogP contribution >= 0.6 is 0 Å². The summed E-state index contributed by atoms with van der Waals surface area (Å²) < 4.78 is 53.1. The lowest BCUT2D eigenvalue weighted by molar-refractivity contribution is -0.172. The van der Waals surface area contributed by atoms with Gasteiger partial charge in [0.25, 0.3) is 0 Å². The highest BCUT2D eigenvalue weighted by molar-refractivity contribution is 5.88. The van der Waals surface area contributed by atoms with Crippen LogP contribution in [0.5, 0.6) is 5.75 Å². The van der Waals surface area contributed by atoms with Crippen LogP contribution in [0, 0.1) is 11.3 Å². The number of nitrogens with zero attached hydrogens (tertiary/aromatic N) is 1. The monoisotopic (exact) mass is 529 g/mol. The maximum absolute atomic E-state index is 13.3. The topological polar surface area (TPSA) is 40.5 Å². The molecule has 0 bridgehead atoms. The molecule has 0 aliphatic carbocycles. The van der Waals surface area contributed by atoms with E-state index in [9.17, 15) is 18.0 Å². The molecule has 38 heavy (non-hydrogen) atoms. The first-order valence-electron chi connectivity index (χ1n) is 13.1. The molecule has 3 aromatic rings. The molecule has 1 heterocycles. The van der Waals surface area contributed by atoms with Crippen LogP contribution in [-0.4, -0.2) is 29.9 Å². The Balaban J connectivity index is 1.91.